The predicted octanol–water partition coefficient (Wildman–Crippen LogP) is 3.11. The van der Waals surface area contributed by atoms with Gasteiger partial charge in [0.1, 0.15) is 17.9 Å². The number of pyridine rings is 1. The van der Waals surface area contributed by atoms with E-state index in [-0.39, 0.29) is 24.6 Å². The molecule has 158 valence electrons. The van der Waals surface area contributed by atoms with Crippen molar-refractivity contribution in [3.63, 3.8) is 0 Å². The van der Waals surface area contributed by atoms with Crippen LogP contribution in [0.3, 0.4) is 0 Å². The number of fused-ring (bicyclic) bond motifs is 1. The molecule has 2 N–H and O–H groups in total. The van der Waals surface area contributed by atoms with E-state index < -0.39 is 36.9 Å². The highest BCUT2D eigenvalue weighted by Gasteiger charge is 2.39. The van der Waals surface area contributed by atoms with E-state index in [1.54, 1.807) is 12.3 Å². The van der Waals surface area contributed by atoms with E-state index in [1.807, 2.05) is 5.32 Å². The number of carbonyl (C=O) groups is 1. The lowest BCUT2D eigenvalue weighted by Gasteiger charge is -2.25. The Hall–Kier alpha value is -2.95. The average Bonchev–Trinajstić information content (AvgIpc) is 3.29. The van der Waals surface area contributed by atoms with Crippen LogP contribution < -0.4 is 10.2 Å². The fraction of sp³-hybridized carbons (Fsp3) is 0.333. The number of H-pyrrole nitrogens is 1. The second-order valence-electron chi connectivity index (χ2n) is 6.75. The van der Waals surface area contributed by atoms with Gasteiger partial charge in [0.05, 0.1) is 24.3 Å². The summed E-state index contributed by atoms with van der Waals surface area (Å²) >= 11 is 5.99. The summed E-state index contributed by atoms with van der Waals surface area (Å²) in [5, 5.41) is 3.02. The second-order valence-corrected chi connectivity index (χ2v) is 7.19. The lowest BCUT2D eigenvalue weighted by Crippen LogP contribution is -2.45. The molecule has 4 heterocycles. The molecule has 7 nitrogen and oxygen atoms in total. The van der Waals surface area contributed by atoms with Gasteiger partial charge in [0.15, 0.2) is 17.5 Å². The number of anilines is 1. The summed E-state index contributed by atoms with van der Waals surface area (Å²) in [4.78, 5) is 28.6. The first-order chi connectivity index (χ1) is 14.3. The minimum atomic E-state index is -2.75. The lowest BCUT2D eigenvalue weighted by molar-refractivity contribution is -0.122. The summed E-state index contributed by atoms with van der Waals surface area (Å²) in [6.45, 7) is -1.18. The van der Waals surface area contributed by atoms with Crippen molar-refractivity contribution in [2.45, 2.75) is 25.1 Å². The molecule has 0 aliphatic carbocycles. The predicted molar refractivity (Wildman–Crippen MR) is 102 cm³/mol. The minimum absolute atomic E-state index is 0.107. The highest BCUT2D eigenvalue weighted by atomic mass is 35.5. The maximum absolute atomic E-state index is 14.5. The van der Waals surface area contributed by atoms with Crippen molar-refractivity contribution in [3.8, 4) is 11.4 Å². The Balaban J connectivity index is 1.70. The average molecular weight is 443 g/mol. The summed E-state index contributed by atoms with van der Waals surface area (Å²) in [5.41, 5.74) is 0.995. The summed E-state index contributed by atoms with van der Waals surface area (Å²) < 4.78 is 53.4. The Kier molecular flexibility index (Phi) is 5.46. The first kappa shape index (κ1) is 20.3. The zero-order valence-electron chi connectivity index (χ0n) is 15.2. The molecule has 1 saturated heterocycles. The number of alkyl halides is 3. The highest BCUT2D eigenvalue weighted by molar-refractivity contribution is 6.31. The Morgan fingerprint density at radius 2 is 2.17 bits per heavy atom. The van der Waals surface area contributed by atoms with Crippen molar-refractivity contribution in [2.75, 3.05) is 18.0 Å². The van der Waals surface area contributed by atoms with E-state index in [4.69, 9.17) is 11.6 Å². The van der Waals surface area contributed by atoms with E-state index in [0.717, 1.165) is 11.1 Å². The Labute approximate surface area is 172 Å². The summed E-state index contributed by atoms with van der Waals surface area (Å²) in [5.74, 6) is -1.87. The molecule has 0 bridgehead atoms. The number of amides is 1. The number of hydrogen-bond donors (Lipinski definition) is 2. The van der Waals surface area contributed by atoms with Gasteiger partial charge in [-0.15, -0.1) is 0 Å². The molecule has 0 radical (unpaired) electrons. The molecule has 12 heteroatoms. The minimum Gasteiger partial charge on any atom is -0.349 e. The standard InChI is InChI=1S/C18H15ClF4N6O/c19-8-1-10-11(4-25-15(10)24-3-8)16-26-5-12(21)17(28-16)29-7-9(20)2-13(29)18(30)27-6-14(22)23/h1,3-5,9,13-14H,2,6-7H2,(H,24,25)(H,27,30)/t9-,13+/m0/s1. The molecule has 0 saturated carbocycles. The maximum Gasteiger partial charge on any atom is 0.255 e. The third kappa shape index (κ3) is 3.89. The number of nitrogens with zero attached hydrogens (tertiary/aromatic N) is 4. The third-order valence-electron chi connectivity index (χ3n) is 4.72. The van der Waals surface area contributed by atoms with Gasteiger partial charge in [-0.3, -0.25) is 4.79 Å². The molecule has 0 spiro atoms. The fourth-order valence-electron chi connectivity index (χ4n) is 3.42. The summed E-state index contributed by atoms with van der Waals surface area (Å²) in [6.07, 6.45) is -0.528. The molecule has 4 rings (SSSR count). The number of hydrogen-bond acceptors (Lipinski definition) is 5. The first-order valence-electron chi connectivity index (χ1n) is 8.95. The molecule has 0 unspecified atom stereocenters. The van der Waals surface area contributed by atoms with Crippen LogP contribution in [0.5, 0.6) is 0 Å². The van der Waals surface area contributed by atoms with Crippen molar-refractivity contribution in [1.29, 1.82) is 0 Å². The van der Waals surface area contributed by atoms with E-state index in [0.29, 0.717) is 21.6 Å². The molecule has 3 aromatic heterocycles. The van der Waals surface area contributed by atoms with E-state index in [9.17, 15) is 22.4 Å². The molecule has 1 amide bonds. The van der Waals surface area contributed by atoms with E-state index in [1.165, 1.54) is 6.20 Å². The lowest BCUT2D eigenvalue weighted by atomic mass is 10.2. The van der Waals surface area contributed by atoms with Crippen molar-refractivity contribution < 1.29 is 22.4 Å². The van der Waals surface area contributed by atoms with Gasteiger partial charge < -0.3 is 15.2 Å². The normalized spacial score (nSPS) is 19.1. The van der Waals surface area contributed by atoms with Gasteiger partial charge >= 0.3 is 0 Å². The number of aromatic amines is 1. The molecule has 30 heavy (non-hydrogen) atoms. The van der Waals surface area contributed by atoms with E-state index >= 15 is 0 Å². The van der Waals surface area contributed by atoms with Gasteiger partial charge in [0.25, 0.3) is 6.43 Å². The maximum atomic E-state index is 14.5. The molecular formula is C18H15ClF4N6O. The number of nitrogens with one attached hydrogen (secondary N) is 2. The van der Waals surface area contributed by atoms with Crippen LogP contribution in [0.2, 0.25) is 5.02 Å². The Morgan fingerprint density at radius 3 is 2.93 bits per heavy atom. The first-order valence-corrected chi connectivity index (χ1v) is 9.33. The van der Waals surface area contributed by atoms with E-state index in [2.05, 4.69) is 19.9 Å². The van der Waals surface area contributed by atoms with Crippen LogP contribution in [0.15, 0.2) is 24.7 Å². The Bertz CT molecular complexity index is 1090. The Morgan fingerprint density at radius 1 is 1.37 bits per heavy atom. The largest absolute Gasteiger partial charge is 0.349 e. The van der Waals surface area contributed by atoms with Crippen LogP contribution in [0, 0.1) is 5.82 Å². The quantitative estimate of drug-likeness (QED) is 0.593. The monoisotopic (exact) mass is 442 g/mol. The topological polar surface area (TPSA) is 86.8 Å². The smallest absolute Gasteiger partial charge is 0.255 e. The number of rotatable bonds is 5. The molecule has 0 aromatic carbocycles. The van der Waals surface area contributed by atoms with Crippen LogP contribution in [-0.2, 0) is 4.79 Å². The van der Waals surface area contributed by atoms with Gasteiger partial charge in [0, 0.05) is 29.8 Å². The molecular weight excluding hydrogens is 428 g/mol. The SMILES string of the molecule is O=C(NCC(F)F)[C@H]1C[C@H](F)CN1c1nc(-c2c[nH]c3ncc(Cl)cc23)ncc1F. The van der Waals surface area contributed by atoms with Crippen LogP contribution in [-0.4, -0.2) is 57.6 Å². The van der Waals surface area contributed by atoms with Crippen LogP contribution >= 0.6 is 11.6 Å². The van der Waals surface area contributed by atoms with Crippen molar-refractivity contribution in [1.82, 2.24) is 25.3 Å². The van der Waals surface area contributed by atoms with Crippen LogP contribution in [0.1, 0.15) is 6.42 Å². The molecule has 1 fully saturated rings. The highest BCUT2D eigenvalue weighted by Crippen LogP contribution is 2.32. The van der Waals surface area contributed by atoms with Crippen molar-refractivity contribution >= 4 is 34.4 Å². The molecule has 1 aliphatic rings. The van der Waals surface area contributed by atoms with Gasteiger partial charge in [-0.2, -0.15) is 0 Å². The fourth-order valence-corrected chi connectivity index (χ4v) is 3.57. The zero-order chi connectivity index (χ0) is 21.4. The molecule has 1 aliphatic heterocycles. The second kappa shape index (κ2) is 8.05. The van der Waals surface area contributed by atoms with Gasteiger partial charge in [0.2, 0.25) is 5.91 Å². The van der Waals surface area contributed by atoms with Gasteiger partial charge in [-0.05, 0) is 6.07 Å². The number of aromatic nitrogens is 4. The zero-order valence-corrected chi connectivity index (χ0v) is 16.0. The van der Waals surface area contributed by atoms with Gasteiger partial charge in [-0.1, -0.05) is 11.6 Å². The summed E-state index contributed by atoms with van der Waals surface area (Å²) in [7, 11) is 0. The van der Waals surface area contributed by atoms with Crippen molar-refractivity contribution in [3.05, 3.63) is 35.5 Å². The number of carbonyl (C=O) groups excluding carboxylic acids is 1. The van der Waals surface area contributed by atoms with Gasteiger partial charge in [-0.25, -0.2) is 32.5 Å². The van der Waals surface area contributed by atoms with Crippen molar-refractivity contribution in [2.24, 2.45) is 0 Å². The molecule has 2 atom stereocenters. The third-order valence-corrected chi connectivity index (χ3v) is 4.93. The summed E-state index contributed by atoms with van der Waals surface area (Å²) in [6, 6.07) is 0.464. The van der Waals surface area contributed by atoms with Crippen LogP contribution in [0.4, 0.5) is 23.4 Å². The van der Waals surface area contributed by atoms with Crippen LogP contribution in [0.25, 0.3) is 22.4 Å². The molecule has 3 aromatic rings. The number of halogens is 5.